The number of benzene rings is 4. The molecule has 0 unspecified atom stereocenters. The van der Waals surface area contributed by atoms with Crippen molar-refractivity contribution in [2.75, 3.05) is 21.3 Å². The Morgan fingerprint density at radius 1 is 0.441 bits per heavy atom. The molecular weight excluding hydrogens is 497 g/mol. The Morgan fingerprint density at radius 3 is 1.21 bits per heavy atom. The van der Waals surface area contributed by atoms with Gasteiger partial charge in [0.25, 0.3) is 0 Å². The van der Waals surface area contributed by atoms with Crippen molar-refractivity contribution >= 4 is 79.0 Å². The van der Waals surface area contributed by atoms with Gasteiger partial charge in [0, 0.05) is 21.2 Å². The monoisotopic (exact) mass is 518 g/mol. The van der Waals surface area contributed by atoms with E-state index in [1.165, 1.54) is 0 Å². The minimum Gasteiger partial charge on any atom is -0.332 e. The molecule has 0 aromatic heterocycles. The summed E-state index contributed by atoms with van der Waals surface area (Å²) < 4.78 is 0. The molecular formula is C26H22N4S4. The van der Waals surface area contributed by atoms with Gasteiger partial charge in [-0.15, -0.1) is 0 Å². The molecule has 4 rings (SSSR count). The minimum atomic E-state index is 0.545. The van der Waals surface area contributed by atoms with Gasteiger partial charge >= 0.3 is 0 Å². The Balaban J connectivity index is 1.39. The molecule has 8 heteroatoms. The van der Waals surface area contributed by atoms with Crippen molar-refractivity contribution in [1.29, 1.82) is 0 Å². The molecule has 0 aliphatic rings. The Kier molecular flexibility index (Phi) is 8.81. The van der Waals surface area contributed by atoms with Crippen LogP contribution in [0.25, 0.3) is 0 Å². The van der Waals surface area contributed by atoms with Gasteiger partial charge in [0.05, 0.1) is 11.4 Å². The second-order valence-corrected chi connectivity index (χ2v) is 10.1. The van der Waals surface area contributed by atoms with E-state index in [0.29, 0.717) is 10.2 Å². The molecule has 4 nitrogen and oxygen atoms in total. The van der Waals surface area contributed by atoms with Gasteiger partial charge in [-0.1, -0.05) is 82.3 Å². The molecule has 4 aromatic carbocycles. The molecule has 0 heterocycles. The summed E-state index contributed by atoms with van der Waals surface area (Å²) in [5, 5.41) is 14.1. The van der Waals surface area contributed by atoms with Crippen molar-refractivity contribution in [1.82, 2.24) is 0 Å². The average molecular weight is 519 g/mol. The van der Waals surface area contributed by atoms with Crippen molar-refractivity contribution in [3.05, 3.63) is 109 Å². The van der Waals surface area contributed by atoms with E-state index in [1.807, 2.05) is 97.1 Å². The molecule has 0 saturated heterocycles. The van der Waals surface area contributed by atoms with E-state index in [4.69, 9.17) is 24.4 Å². The van der Waals surface area contributed by atoms with Gasteiger partial charge in [-0.25, -0.2) is 0 Å². The van der Waals surface area contributed by atoms with Gasteiger partial charge in [0.1, 0.15) is 0 Å². The molecule has 0 aliphatic carbocycles. The van der Waals surface area contributed by atoms with Crippen LogP contribution in [0.2, 0.25) is 0 Å². The van der Waals surface area contributed by atoms with Gasteiger partial charge < -0.3 is 21.3 Å². The zero-order valence-electron chi connectivity index (χ0n) is 18.0. The van der Waals surface area contributed by atoms with Crippen LogP contribution in [0, 0.1) is 0 Å². The highest BCUT2D eigenvalue weighted by Gasteiger charge is 2.09. The van der Waals surface area contributed by atoms with E-state index in [0.717, 1.165) is 32.5 Å². The van der Waals surface area contributed by atoms with E-state index in [1.54, 1.807) is 21.6 Å². The van der Waals surface area contributed by atoms with Crippen LogP contribution in [0.3, 0.4) is 0 Å². The minimum absolute atomic E-state index is 0.545. The van der Waals surface area contributed by atoms with Gasteiger partial charge in [0.15, 0.2) is 10.2 Å². The summed E-state index contributed by atoms with van der Waals surface area (Å²) in [5.41, 5.74) is 3.78. The Bertz CT molecular complexity index is 1150. The largest absolute Gasteiger partial charge is 0.332 e. The summed E-state index contributed by atoms with van der Waals surface area (Å²) in [4.78, 5) is 2.15. The molecule has 34 heavy (non-hydrogen) atoms. The lowest BCUT2D eigenvalue weighted by Gasteiger charge is -2.15. The van der Waals surface area contributed by atoms with Crippen LogP contribution >= 0.6 is 46.0 Å². The first-order chi connectivity index (χ1) is 16.7. The number of thiocarbonyl (C=S) groups is 2. The molecule has 0 aliphatic heterocycles. The first-order valence-electron chi connectivity index (χ1n) is 10.5. The topological polar surface area (TPSA) is 48.1 Å². The summed E-state index contributed by atoms with van der Waals surface area (Å²) in [5.74, 6) is 0. The maximum atomic E-state index is 5.51. The molecule has 0 radical (unpaired) electrons. The van der Waals surface area contributed by atoms with Crippen molar-refractivity contribution < 1.29 is 0 Å². The van der Waals surface area contributed by atoms with Crippen molar-refractivity contribution in [3.63, 3.8) is 0 Å². The lowest BCUT2D eigenvalue weighted by atomic mass is 10.3. The summed E-state index contributed by atoms with van der Waals surface area (Å²) >= 11 is 11.0. The molecule has 0 amide bonds. The number of nitrogens with one attached hydrogen (secondary N) is 4. The standard InChI is InChI=1S/C26H22N4S4/c31-25(27-19-11-3-1-4-12-19)29-21-15-7-9-17-23(21)33-34-24-18-10-8-16-22(24)30-26(32)28-20-13-5-2-6-14-20/h1-18H,(H2,27,29,31)(H2,28,30,32). The summed E-state index contributed by atoms with van der Waals surface area (Å²) in [6.07, 6.45) is 0. The van der Waals surface area contributed by atoms with Gasteiger partial charge in [-0.05, 0) is 73.0 Å². The average Bonchev–Trinajstić information content (AvgIpc) is 2.85. The molecule has 0 bridgehead atoms. The van der Waals surface area contributed by atoms with E-state index < -0.39 is 0 Å². The Labute approximate surface area is 218 Å². The maximum Gasteiger partial charge on any atom is 0.175 e. The van der Waals surface area contributed by atoms with Gasteiger partial charge in [-0.2, -0.15) is 0 Å². The maximum absolute atomic E-state index is 5.51. The third kappa shape index (κ3) is 7.23. The SMILES string of the molecule is S=C(Nc1ccccc1)Nc1ccccc1SSc1ccccc1NC(=S)Nc1ccccc1. The highest BCUT2D eigenvalue weighted by Crippen LogP contribution is 2.43. The molecule has 0 spiro atoms. The summed E-state index contributed by atoms with van der Waals surface area (Å²) in [7, 11) is 3.31. The smallest absolute Gasteiger partial charge is 0.175 e. The zero-order valence-corrected chi connectivity index (χ0v) is 21.3. The molecule has 170 valence electrons. The lowest BCUT2D eigenvalue weighted by molar-refractivity contribution is 1.44. The quantitative estimate of drug-likeness (QED) is 0.145. The fraction of sp³-hybridized carbons (Fsp3) is 0. The van der Waals surface area contributed by atoms with Crippen LogP contribution in [-0.2, 0) is 0 Å². The van der Waals surface area contributed by atoms with Crippen molar-refractivity contribution in [2.45, 2.75) is 9.79 Å². The predicted molar refractivity (Wildman–Crippen MR) is 157 cm³/mol. The number of rotatable bonds is 7. The predicted octanol–water partition coefficient (Wildman–Crippen LogP) is 8.10. The number of hydrogen-bond acceptors (Lipinski definition) is 4. The van der Waals surface area contributed by atoms with Crippen LogP contribution < -0.4 is 21.3 Å². The van der Waals surface area contributed by atoms with E-state index in [2.05, 4.69) is 33.4 Å². The first-order valence-corrected chi connectivity index (χ1v) is 13.4. The van der Waals surface area contributed by atoms with E-state index in [9.17, 15) is 0 Å². The Morgan fingerprint density at radius 2 is 0.794 bits per heavy atom. The normalized spacial score (nSPS) is 10.2. The highest BCUT2D eigenvalue weighted by molar-refractivity contribution is 8.76. The van der Waals surface area contributed by atoms with Crippen LogP contribution in [0.5, 0.6) is 0 Å². The van der Waals surface area contributed by atoms with E-state index >= 15 is 0 Å². The number of para-hydroxylation sites is 4. The van der Waals surface area contributed by atoms with Gasteiger partial charge in [0.2, 0.25) is 0 Å². The van der Waals surface area contributed by atoms with Crippen LogP contribution in [0.15, 0.2) is 119 Å². The Hall–Kier alpha value is -3.04. The van der Waals surface area contributed by atoms with Crippen molar-refractivity contribution in [2.24, 2.45) is 0 Å². The van der Waals surface area contributed by atoms with Crippen LogP contribution in [0.1, 0.15) is 0 Å². The zero-order chi connectivity index (χ0) is 23.6. The second-order valence-electron chi connectivity index (χ2n) is 7.05. The van der Waals surface area contributed by atoms with E-state index in [-0.39, 0.29) is 0 Å². The van der Waals surface area contributed by atoms with Crippen molar-refractivity contribution in [3.8, 4) is 0 Å². The molecule has 0 atom stereocenters. The lowest BCUT2D eigenvalue weighted by Crippen LogP contribution is -2.19. The third-order valence-corrected chi connectivity index (χ3v) is 7.45. The number of hydrogen-bond donors (Lipinski definition) is 4. The molecule has 4 N–H and O–H groups in total. The molecule has 4 aromatic rings. The summed E-state index contributed by atoms with van der Waals surface area (Å²) in [6.45, 7) is 0. The van der Waals surface area contributed by atoms with Gasteiger partial charge in [-0.3, -0.25) is 0 Å². The first kappa shape index (κ1) is 24.1. The number of anilines is 4. The fourth-order valence-electron chi connectivity index (χ4n) is 2.99. The molecule has 0 saturated carbocycles. The fourth-order valence-corrected chi connectivity index (χ4v) is 5.72. The second kappa shape index (κ2) is 12.4. The van der Waals surface area contributed by atoms with Crippen LogP contribution in [-0.4, -0.2) is 10.2 Å². The molecule has 0 fully saturated rings. The summed E-state index contributed by atoms with van der Waals surface area (Å²) in [6, 6.07) is 35.9. The highest BCUT2D eigenvalue weighted by atomic mass is 33.1. The third-order valence-electron chi connectivity index (χ3n) is 4.56. The van der Waals surface area contributed by atoms with Crippen LogP contribution in [0.4, 0.5) is 22.7 Å².